The molecule has 2 rings (SSSR count). The first kappa shape index (κ1) is 13.3. The Labute approximate surface area is 107 Å². The molecule has 0 fully saturated rings. The Bertz CT molecular complexity index is 599. The first-order valence-corrected chi connectivity index (χ1v) is 5.74. The molecule has 1 aromatic heterocycles. The van der Waals surface area contributed by atoms with E-state index in [1.165, 1.54) is 10.9 Å². The summed E-state index contributed by atoms with van der Waals surface area (Å²) in [4.78, 5) is 10.9. The van der Waals surface area contributed by atoms with Crippen molar-refractivity contribution >= 4 is 6.29 Å². The number of carbonyl (C=O) groups is 1. The Kier molecular flexibility index (Phi) is 3.69. The van der Waals surface area contributed by atoms with Gasteiger partial charge in [-0.2, -0.15) is 5.10 Å². The fraction of sp³-hybridized carbons (Fsp3) is 0.231. The molecule has 1 aromatic carbocycles. The van der Waals surface area contributed by atoms with Crippen LogP contribution in [0, 0.1) is 17.5 Å². The van der Waals surface area contributed by atoms with Gasteiger partial charge in [0.25, 0.3) is 0 Å². The summed E-state index contributed by atoms with van der Waals surface area (Å²) < 4.78 is 40.8. The van der Waals surface area contributed by atoms with E-state index in [2.05, 4.69) is 5.10 Å². The number of rotatable bonds is 4. The minimum absolute atomic E-state index is 0.0355. The Morgan fingerprint density at radius 2 is 1.89 bits per heavy atom. The zero-order valence-corrected chi connectivity index (χ0v) is 10.2. The second-order valence-electron chi connectivity index (χ2n) is 4.07. The van der Waals surface area contributed by atoms with Crippen molar-refractivity contribution in [3.8, 4) is 11.3 Å². The van der Waals surface area contributed by atoms with Crippen molar-refractivity contribution in [3.05, 3.63) is 41.3 Å². The van der Waals surface area contributed by atoms with Crippen LogP contribution >= 0.6 is 0 Å². The third-order valence-corrected chi connectivity index (χ3v) is 2.63. The molecule has 0 amide bonds. The van der Waals surface area contributed by atoms with Crippen LogP contribution in [0.3, 0.4) is 0 Å². The van der Waals surface area contributed by atoms with Gasteiger partial charge < -0.3 is 0 Å². The highest BCUT2D eigenvalue weighted by Gasteiger charge is 2.16. The molecule has 0 aliphatic heterocycles. The van der Waals surface area contributed by atoms with Gasteiger partial charge in [0.1, 0.15) is 5.69 Å². The average Bonchev–Trinajstić information content (AvgIpc) is 2.79. The highest BCUT2D eigenvalue weighted by atomic mass is 19.2. The van der Waals surface area contributed by atoms with E-state index >= 15 is 0 Å². The van der Waals surface area contributed by atoms with Crippen LogP contribution in [0.15, 0.2) is 18.3 Å². The normalized spacial score (nSPS) is 10.7. The molecule has 0 unspecified atom stereocenters. The van der Waals surface area contributed by atoms with Crippen LogP contribution in [0.2, 0.25) is 0 Å². The predicted octanol–water partition coefficient (Wildman–Crippen LogP) is 3.19. The van der Waals surface area contributed by atoms with Crippen molar-refractivity contribution in [3.63, 3.8) is 0 Å². The van der Waals surface area contributed by atoms with Gasteiger partial charge in [-0.15, -0.1) is 0 Å². The van der Waals surface area contributed by atoms with Crippen molar-refractivity contribution < 1.29 is 18.0 Å². The molecule has 0 N–H and O–H groups in total. The molecule has 0 radical (unpaired) electrons. The summed E-state index contributed by atoms with van der Waals surface area (Å²) in [7, 11) is 0. The zero-order chi connectivity index (χ0) is 14.0. The van der Waals surface area contributed by atoms with Crippen LogP contribution in [-0.2, 0) is 6.54 Å². The Morgan fingerprint density at radius 3 is 2.42 bits per heavy atom. The van der Waals surface area contributed by atoms with Crippen molar-refractivity contribution in [2.75, 3.05) is 0 Å². The summed E-state index contributed by atoms with van der Waals surface area (Å²) in [6, 6.07) is 1.65. The first-order chi connectivity index (χ1) is 9.06. The molecule has 3 nitrogen and oxygen atoms in total. The van der Waals surface area contributed by atoms with Gasteiger partial charge in [0, 0.05) is 18.3 Å². The van der Waals surface area contributed by atoms with E-state index in [0.717, 1.165) is 18.6 Å². The summed E-state index contributed by atoms with van der Waals surface area (Å²) >= 11 is 0. The van der Waals surface area contributed by atoms with Gasteiger partial charge in [-0.25, -0.2) is 13.2 Å². The van der Waals surface area contributed by atoms with Gasteiger partial charge >= 0.3 is 0 Å². The zero-order valence-electron chi connectivity index (χ0n) is 10.2. The molecule has 0 spiro atoms. The fourth-order valence-electron chi connectivity index (χ4n) is 1.78. The molecule has 0 saturated heterocycles. The summed E-state index contributed by atoms with van der Waals surface area (Å²) in [6.45, 7) is 2.51. The summed E-state index contributed by atoms with van der Waals surface area (Å²) in [5, 5.41) is 4.08. The van der Waals surface area contributed by atoms with Gasteiger partial charge in [-0.3, -0.25) is 9.48 Å². The largest absolute Gasteiger partial charge is 0.298 e. The van der Waals surface area contributed by atoms with Gasteiger partial charge in [0.15, 0.2) is 23.7 Å². The lowest BCUT2D eigenvalue weighted by atomic mass is 10.1. The van der Waals surface area contributed by atoms with Crippen LogP contribution in [-0.4, -0.2) is 16.1 Å². The maximum absolute atomic E-state index is 13.2. The van der Waals surface area contributed by atoms with Crippen LogP contribution in [0.5, 0.6) is 0 Å². The second-order valence-corrected chi connectivity index (χ2v) is 4.07. The molecule has 0 aliphatic carbocycles. The number of benzene rings is 1. The van der Waals surface area contributed by atoms with E-state index in [9.17, 15) is 18.0 Å². The van der Waals surface area contributed by atoms with Gasteiger partial charge in [0.05, 0.1) is 5.56 Å². The standard InChI is InChI=1S/C13H11F3N2O/c1-2-3-18-6-9(7-19)13(17-18)8-4-10(14)12(16)11(15)5-8/h4-7H,2-3H2,1H3. The third-order valence-electron chi connectivity index (χ3n) is 2.63. The summed E-state index contributed by atoms with van der Waals surface area (Å²) in [6.07, 6.45) is 2.84. The van der Waals surface area contributed by atoms with Crippen LogP contribution in [0.4, 0.5) is 13.2 Å². The Morgan fingerprint density at radius 1 is 1.26 bits per heavy atom. The highest BCUT2D eigenvalue weighted by Crippen LogP contribution is 2.25. The topological polar surface area (TPSA) is 34.9 Å². The van der Waals surface area contributed by atoms with Crippen molar-refractivity contribution in [1.82, 2.24) is 9.78 Å². The smallest absolute Gasteiger partial charge is 0.194 e. The predicted molar refractivity (Wildman–Crippen MR) is 63.2 cm³/mol. The summed E-state index contributed by atoms with van der Waals surface area (Å²) in [5.74, 6) is -4.15. The van der Waals surface area contributed by atoms with Gasteiger partial charge in [-0.1, -0.05) is 6.92 Å². The number of hydrogen-bond acceptors (Lipinski definition) is 2. The maximum atomic E-state index is 13.2. The van der Waals surface area contributed by atoms with Gasteiger partial charge in [-0.05, 0) is 18.6 Å². The van der Waals surface area contributed by atoms with Crippen LogP contribution in [0.1, 0.15) is 23.7 Å². The fourth-order valence-corrected chi connectivity index (χ4v) is 1.78. The number of aromatic nitrogens is 2. The van der Waals surface area contributed by atoms with E-state index in [0.29, 0.717) is 12.8 Å². The molecule has 0 aliphatic rings. The lowest BCUT2D eigenvalue weighted by Gasteiger charge is -2.01. The van der Waals surface area contributed by atoms with Gasteiger partial charge in [0.2, 0.25) is 0 Å². The Hall–Kier alpha value is -2.11. The first-order valence-electron chi connectivity index (χ1n) is 5.74. The molecule has 100 valence electrons. The molecule has 1 heterocycles. The molecule has 2 aromatic rings. The monoisotopic (exact) mass is 268 g/mol. The number of halogens is 3. The molecule has 0 bridgehead atoms. The van der Waals surface area contributed by atoms with Crippen molar-refractivity contribution in [2.24, 2.45) is 0 Å². The third kappa shape index (κ3) is 2.52. The van der Waals surface area contributed by atoms with Crippen LogP contribution in [0.25, 0.3) is 11.3 Å². The number of aldehydes is 1. The molecule has 0 atom stereocenters. The average molecular weight is 268 g/mol. The van der Waals surface area contributed by atoms with E-state index < -0.39 is 17.5 Å². The Balaban J connectivity index is 2.54. The molecular formula is C13H11F3N2O. The molecule has 19 heavy (non-hydrogen) atoms. The van der Waals surface area contributed by atoms with Crippen molar-refractivity contribution in [1.29, 1.82) is 0 Å². The van der Waals surface area contributed by atoms with E-state index in [-0.39, 0.29) is 16.8 Å². The second kappa shape index (κ2) is 5.26. The minimum Gasteiger partial charge on any atom is -0.298 e. The SMILES string of the molecule is CCCn1cc(C=O)c(-c2cc(F)c(F)c(F)c2)n1. The number of carbonyl (C=O) groups excluding carboxylic acids is 1. The molecule has 0 saturated carbocycles. The maximum Gasteiger partial charge on any atom is 0.194 e. The molecular weight excluding hydrogens is 257 g/mol. The van der Waals surface area contributed by atoms with E-state index in [4.69, 9.17) is 0 Å². The van der Waals surface area contributed by atoms with E-state index in [1.54, 1.807) is 0 Å². The lowest BCUT2D eigenvalue weighted by Crippen LogP contribution is -1.97. The van der Waals surface area contributed by atoms with E-state index in [1.807, 2.05) is 6.92 Å². The lowest BCUT2D eigenvalue weighted by molar-refractivity contribution is 0.112. The highest BCUT2D eigenvalue weighted by molar-refractivity contribution is 5.85. The number of hydrogen-bond donors (Lipinski definition) is 0. The van der Waals surface area contributed by atoms with Crippen LogP contribution < -0.4 is 0 Å². The summed E-state index contributed by atoms with van der Waals surface area (Å²) in [5.41, 5.74) is 0.383. The number of aryl methyl sites for hydroxylation is 1. The molecule has 6 heteroatoms. The quantitative estimate of drug-likeness (QED) is 0.630. The van der Waals surface area contributed by atoms with Crippen molar-refractivity contribution in [2.45, 2.75) is 19.9 Å². The number of nitrogens with zero attached hydrogens (tertiary/aromatic N) is 2. The minimum atomic E-state index is -1.54.